The fourth-order valence-corrected chi connectivity index (χ4v) is 2.01. The van der Waals surface area contributed by atoms with E-state index in [9.17, 15) is 5.11 Å². The first-order chi connectivity index (χ1) is 8.31. The van der Waals surface area contributed by atoms with Crippen molar-refractivity contribution in [3.05, 3.63) is 34.9 Å². The molecule has 0 spiro atoms. The van der Waals surface area contributed by atoms with Crippen LogP contribution in [0.15, 0.2) is 24.3 Å². The summed E-state index contributed by atoms with van der Waals surface area (Å²) in [7, 11) is 0. The van der Waals surface area contributed by atoms with Crippen LogP contribution in [0.3, 0.4) is 0 Å². The maximum Gasteiger partial charge on any atom is 0.104 e. The third-order valence-electron chi connectivity index (χ3n) is 3.72. The highest BCUT2D eigenvalue weighted by Gasteiger charge is 2.40. The summed E-state index contributed by atoms with van der Waals surface area (Å²) in [6, 6.07) is 7.39. The Morgan fingerprint density at radius 2 is 1.72 bits per heavy atom. The van der Waals surface area contributed by atoms with Crippen molar-refractivity contribution >= 4 is 11.6 Å². The molecule has 1 aromatic rings. The van der Waals surface area contributed by atoms with Gasteiger partial charge >= 0.3 is 0 Å². The molecule has 0 aliphatic rings. The van der Waals surface area contributed by atoms with Crippen molar-refractivity contribution in [1.82, 2.24) is 5.32 Å². The standard InChI is InChI=1S/C15H24ClNO/c1-5-6-11-17-14(2,3)15(4,18)12-7-9-13(16)10-8-12/h7-10,17-18H,5-6,11H2,1-4H3/t15-/m0/s1. The van der Waals surface area contributed by atoms with E-state index in [0.29, 0.717) is 5.02 Å². The zero-order valence-electron chi connectivity index (χ0n) is 11.8. The first-order valence-corrected chi connectivity index (χ1v) is 6.92. The van der Waals surface area contributed by atoms with Crippen molar-refractivity contribution in [2.24, 2.45) is 0 Å². The molecule has 2 N–H and O–H groups in total. The van der Waals surface area contributed by atoms with Crippen molar-refractivity contribution in [2.45, 2.75) is 51.7 Å². The van der Waals surface area contributed by atoms with Crippen molar-refractivity contribution in [3.63, 3.8) is 0 Å². The minimum atomic E-state index is -0.939. The highest BCUT2D eigenvalue weighted by Crippen LogP contribution is 2.33. The SMILES string of the molecule is CCCCNC(C)(C)[C@@](C)(O)c1ccc(Cl)cc1. The molecule has 0 aliphatic heterocycles. The highest BCUT2D eigenvalue weighted by atomic mass is 35.5. The van der Waals surface area contributed by atoms with Gasteiger partial charge in [-0.05, 0) is 51.4 Å². The van der Waals surface area contributed by atoms with E-state index >= 15 is 0 Å². The Morgan fingerprint density at radius 3 is 2.22 bits per heavy atom. The summed E-state index contributed by atoms with van der Waals surface area (Å²) in [4.78, 5) is 0. The Bertz CT molecular complexity index is 371. The number of nitrogens with one attached hydrogen (secondary N) is 1. The zero-order valence-corrected chi connectivity index (χ0v) is 12.5. The molecule has 0 saturated heterocycles. The van der Waals surface area contributed by atoms with Crippen LogP contribution < -0.4 is 5.32 Å². The van der Waals surface area contributed by atoms with Crippen molar-refractivity contribution < 1.29 is 5.11 Å². The molecule has 3 heteroatoms. The number of hydrogen-bond donors (Lipinski definition) is 2. The summed E-state index contributed by atoms with van der Waals surface area (Å²) in [5.74, 6) is 0. The third-order valence-corrected chi connectivity index (χ3v) is 3.97. The van der Waals surface area contributed by atoms with Crippen LogP contribution >= 0.6 is 11.6 Å². The number of aliphatic hydroxyl groups is 1. The lowest BCUT2D eigenvalue weighted by Crippen LogP contribution is -2.55. The Morgan fingerprint density at radius 1 is 1.17 bits per heavy atom. The van der Waals surface area contributed by atoms with Crippen LogP contribution in [-0.4, -0.2) is 17.2 Å². The molecule has 0 amide bonds. The number of rotatable bonds is 6. The van der Waals surface area contributed by atoms with Crippen LogP contribution in [0, 0.1) is 0 Å². The molecule has 102 valence electrons. The van der Waals surface area contributed by atoms with Crippen molar-refractivity contribution in [3.8, 4) is 0 Å². The van der Waals surface area contributed by atoms with Gasteiger partial charge in [0.25, 0.3) is 0 Å². The molecule has 0 fully saturated rings. The maximum absolute atomic E-state index is 10.8. The maximum atomic E-state index is 10.8. The Hall–Kier alpha value is -0.570. The van der Waals surface area contributed by atoms with Crippen LogP contribution in [0.25, 0.3) is 0 Å². The van der Waals surface area contributed by atoms with Crippen LogP contribution in [0.4, 0.5) is 0 Å². The summed E-state index contributed by atoms with van der Waals surface area (Å²) in [5.41, 5.74) is -0.456. The molecule has 0 unspecified atom stereocenters. The predicted molar refractivity (Wildman–Crippen MR) is 78.0 cm³/mol. The average Bonchev–Trinajstić information content (AvgIpc) is 2.29. The minimum absolute atomic E-state index is 0.393. The molecule has 2 nitrogen and oxygen atoms in total. The van der Waals surface area contributed by atoms with Crippen molar-refractivity contribution in [1.29, 1.82) is 0 Å². The predicted octanol–water partition coefficient (Wildman–Crippen LogP) is 3.72. The quantitative estimate of drug-likeness (QED) is 0.772. The first kappa shape index (κ1) is 15.5. The minimum Gasteiger partial charge on any atom is -0.384 e. The molecule has 0 aromatic heterocycles. The fourth-order valence-electron chi connectivity index (χ4n) is 1.89. The van der Waals surface area contributed by atoms with Gasteiger partial charge in [-0.3, -0.25) is 0 Å². The third kappa shape index (κ3) is 3.47. The van der Waals surface area contributed by atoms with Gasteiger partial charge in [-0.15, -0.1) is 0 Å². The van der Waals surface area contributed by atoms with E-state index < -0.39 is 11.1 Å². The second-order valence-corrected chi connectivity index (χ2v) is 5.92. The van der Waals surface area contributed by atoms with E-state index in [1.165, 1.54) is 0 Å². The van der Waals surface area contributed by atoms with Crippen LogP contribution in [0.2, 0.25) is 5.02 Å². The number of unbranched alkanes of at least 4 members (excludes halogenated alkanes) is 1. The van der Waals surface area contributed by atoms with Gasteiger partial charge < -0.3 is 10.4 Å². The summed E-state index contributed by atoms with van der Waals surface area (Å²) in [6.45, 7) is 8.96. The van der Waals surface area contributed by atoms with Gasteiger partial charge in [0, 0.05) is 10.6 Å². The van der Waals surface area contributed by atoms with Crippen LogP contribution in [0.1, 0.15) is 46.1 Å². The molecular formula is C15H24ClNO. The lowest BCUT2D eigenvalue weighted by Gasteiger charge is -2.41. The molecule has 18 heavy (non-hydrogen) atoms. The number of benzene rings is 1. The largest absolute Gasteiger partial charge is 0.384 e. The van der Waals surface area contributed by atoms with E-state index in [0.717, 1.165) is 24.9 Å². The van der Waals surface area contributed by atoms with Gasteiger partial charge in [0.15, 0.2) is 0 Å². The van der Waals surface area contributed by atoms with Crippen molar-refractivity contribution in [2.75, 3.05) is 6.54 Å². The summed E-state index contributed by atoms with van der Waals surface area (Å²) >= 11 is 5.88. The highest BCUT2D eigenvalue weighted by molar-refractivity contribution is 6.30. The van der Waals surface area contributed by atoms with Crippen LogP contribution in [0.5, 0.6) is 0 Å². The topological polar surface area (TPSA) is 32.3 Å². The Balaban J connectivity index is 2.86. The van der Waals surface area contributed by atoms with E-state index in [2.05, 4.69) is 12.2 Å². The lowest BCUT2D eigenvalue weighted by atomic mass is 9.78. The number of halogens is 1. The molecule has 1 rings (SSSR count). The molecule has 1 aromatic carbocycles. The van der Waals surface area contributed by atoms with Gasteiger partial charge in [0.2, 0.25) is 0 Å². The molecule has 0 radical (unpaired) electrons. The molecule has 0 saturated carbocycles. The van der Waals surface area contributed by atoms with E-state index in [-0.39, 0.29) is 0 Å². The average molecular weight is 270 g/mol. The number of hydrogen-bond acceptors (Lipinski definition) is 2. The summed E-state index contributed by atoms with van der Waals surface area (Å²) in [5, 5.41) is 14.9. The molecule has 0 bridgehead atoms. The van der Waals surface area contributed by atoms with Gasteiger partial charge in [-0.2, -0.15) is 0 Å². The molecular weight excluding hydrogens is 246 g/mol. The monoisotopic (exact) mass is 269 g/mol. The summed E-state index contributed by atoms with van der Waals surface area (Å²) < 4.78 is 0. The van der Waals surface area contributed by atoms with E-state index in [1.54, 1.807) is 0 Å². The smallest absolute Gasteiger partial charge is 0.104 e. The Kier molecular flexibility index (Phi) is 5.20. The Labute approximate surface area is 115 Å². The molecule has 0 heterocycles. The van der Waals surface area contributed by atoms with Gasteiger partial charge in [0.1, 0.15) is 5.60 Å². The second-order valence-electron chi connectivity index (χ2n) is 5.48. The molecule has 0 aliphatic carbocycles. The van der Waals surface area contributed by atoms with Gasteiger partial charge in [-0.25, -0.2) is 0 Å². The first-order valence-electron chi connectivity index (χ1n) is 6.54. The lowest BCUT2D eigenvalue weighted by molar-refractivity contribution is -0.0267. The zero-order chi connectivity index (χ0) is 13.8. The normalized spacial score (nSPS) is 15.4. The van der Waals surface area contributed by atoms with Gasteiger partial charge in [-0.1, -0.05) is 37.1 Å². The fraction of sp³-hybridized carbons (Fsp3) is 0.600. The van der Waals surface area contributed by atoms with E-state index in [4.69, 9.17) is 11.6 Å². The van der Waals surface area contributed by atoms with Crippen LogP contribution in [-0.2, 0) is 5.60 Å². The van der Waals surface area contributed by atoms with Gasteiger partial charge in [0.05, 0.1) is 0 Å². The summed E-state index contributed by atoms with van der Waals surface area (Å²) in [6.07, 6.45) is 2.26. The van der Waals surface area contributed by atoms with E-state index in [1.807, 2.05) is 45.0 Å². The molecule has 1 atom stereocenters. The second kappa shape index (κ2) is 6.05.